The van der Waals surface area contributed by atoms with Crippen molar-refractivity contribution in [3.8, 4) is 0 Å². The van der Waals surface area contributed by atoms with Crippen molar-refractivity contribution in [2.75, 3.05) is 16.8 Å². The number of carbonyl (C=O) groups excluding carboxylic acids is 1. The average molecular weight is 334 g/mol. The number of nitrogens with zero attached hydrogens (tertiary/aromatic N) is 1. The van der Waals surface area contributed by atoms with Gasteiger partial charge in [0, 0.05) is 19.2 Å². The number of nitrogens with one attached hydrogen (secondary N) is 1. The van der Waals surface area contributed by atoms with Gasteiger partial charge in [0.2, 0.25) is 5.91 Å². The van der Waals surface area contributed by atoms with Gasteiger partial charge in [-0.2, -0.15) is 13.2 Å². The Bertz CT molecular complexity index is 771. The number of carbonyl (C=O) groups is 1. The van der Waals surface area contributed by atoms with Gasteiger partial charge in [0.25, 0.3) is 0 Å². The summed E-state index contributed by atoms with van der Waals surface area (Å²) in [6.07, 6.45) is -2.62. The first kappa shape index (κ1) is 16.4. The third-order valence-electron chi connectivity index (χ3n) is 4.04. The van der Waals surface area contributed by atoms with Crippen molar-refractivity contribution >= 4 is 23.0 Å². The Morgan fingerprint density at radius 3 is 2.58 bits per heavy atom. The second-order valence-electron chi connectivity index (χ2n) is 5.79. The monoisotopic (exact) mass is 334 g/mol. The van der Waals surface area contributed by atoms with Gasteiger partial charge in [-0.05, 0) is 42.7 Å². The smallest absolute Gasteiger partial charge is 0.340 e. The van der Waals surface area contributed by atoms with Crippen LogP contribution in [0.3, 0.4) is 0 Å². The summed E-state index contributed by atoms with van der Waals surface area (Å²) in [5, 5.41) is 2.53. The lowest BCUT2D eigenvalue weighted by Gasteiger charge is -2.33. The van der Waals surface area contributed by atoms with E-state index in [1.165, 1.54) is 13.0 Å². The highest BCUT2D eigenvalue weighted by atomic mass is 19.4. The molecule has 2 aromatic carbocycles. The zero-order chi connectivity index (χ0) is 17.3. The van der Waals surface area contributed by atoms with Gasteiger partial charge in [0.15, 0.2) is 0 Å². The van der Waals surface area contributed by atoms with E-state index in [9.17, 15) is 18.0 Å². The average Bonchev–Trinajstić information content (AvgIpc) is 2.53. The van der Waals surface area contributed by atoms with E-state index in [-0.39, 0.29) is 5.69 Å². The van der Waals surface area contributed by atoms with Gasteiger partial charge in [0.05, 0.1) is 16.9 Å². The molecule has 1 N–H and O–H groups in total. The van der Waals surface area contributed by atoms with Crippen molar-refractivity contribution in [1.82, 2.24) is 0 Å². The van der Waals surface area contributed by atoms with Gasteiger partial charge >= 0.3 is 6.18 Å². The van der Waals surface area contributed by atoms with Crippen LogP contribution in [0.25, 0.3) is 0 Å². The number of hydrogen-bond acceptors (Lipinski definition) is 2. The number of amides is 1. The quantitative estimate of drug-likeness (QED) is 0.860. The summed E-state index contributed by atoms with van der Waals surface area (Å²) in [4.78, 5) is 13.4. The molecule has 1 heterocycles. The van der Waals surface area contributed by atoms with Crippen LogP contribution >= 0.6 is 0 Å². The molecule has 24 heavy (non-hydrogen) atoms. The molecule has 1 aliphatic rings. The van der Waals surface area contributed by atoms with Crippen LogP contribution in [-0.2, 0) is 17.4 Å². The number of hydrogen-bond donors (Lipinski definition) is 1. The SMILES string of the molecule is CC(=O)Nc1cc(C(F)(F)F)ccc1N1CCCc2ccccc21. The van der Waals surface area contributed by atoms with Crippen molar-refractivity contribution in [1.29, 1.82) is 0 Å². The molecule has 3 rings (SSSR count). The summed E-state index contributed by atoms with van der Waals surface area (Å²) in [6, 6.07) is 11.3. The summed E-state index contributed by atoms with van der Waals surface area (Å²) in [5.74, 6) is -0.402. The Hall–Kier alpha value is -2.50. The molecule has 126 valence electrons. The molecule has 2 aromatic rings. The number of benzene rings is 2. The van der Waals surface area contributed by atoms with Gasteiger partial charge in [-0.3, -0.25) is 4.79 Å². The van der Waals surface area contributed by atoms with Crippen LogP contribution in [0.1, 0.15) is 24.5 Å². The van der Waals surface area contributed by atoms with Gasteiger partial charge in [-0.25, -0.2) is 0 Å². The fourth-order valence-corrected chi connectivity index (χ4v) is 3.02. The molecule has 0 aliphatic carbocycles. The van der Waals surface area contributed by atoms with Crippen LogP contribution in [-0.4, -0.2) is 12.5 Å². The van der Waals surface area contributed by atoms with Crippen LogP contribution in [0.5, 0.6) is 0 Å². The van der Waals surface area contributed by atoms with E-state index in [0.29, 0.717) is 12.2 Å². The maximum Gasteiger partial charge on any atom is 0.416 e. The number of rotatable bonds is 2. The van der Waals surface area contributed by atoms with Crippen LogP contribution < -0.4 is 10.2 Å². The van der Waals surface area contributed by atoms with E-state index in [1.807, 2.05) is 29.2 Å². The van der Waals surface area contributed by atoms with E-state index < -0.39 is 17.6 Å². The molecule has 0 bridgehead atoms. The van der Waals surface area contributed by atoms with E-state index in [0.717, 1.165) is 36.2 Å². The molecule has 0 radical (unpaired) electrons. The molecule has 6 heteroatoms. The van der Waals surface area contributed by atoms with Crippen molar-refractivity contribution in [2.45, 2.75) is 25.9 Å². The van der Waals surface area contributed by atoms with E-state index >= 15 is 0 Å². The van der Waals surface area contributed by atoms with Crippen LogP contribution in [0, 0.1) is 0 Å². The molecule has 0 spiro atoms. The topological polar surface area (TPSA) is 32.3 Å². The summed E-state index contributed by atoms with van der Waals surface area (Å²) >= 11 is 0. The number of fused-ring (bicyclic) bond motifs is 1. The maximum absolute atomic E-state index is 13.0. The van der Waals surface area contributed by atoms with Gasteiger partial charge in [-0.1, -0.05) is 18.2 Å². The summed E-state index contributed by atoms with van der Waals surface area (Å²) in [6.45, 7) is 1.98. The molecule has 0 saturated carbocycles. The summed E-state index contributed by atoms with van der Waals surface area (Å²) < 4.78 is 39.0. The molecule has 3 nitrogen and oxygen atoms in total. The standard InChI is InChI=1S/C18H17F3N2O/c1-12(24)22-15-11-14(18(19,20)21)8-9-17(15)23-10-4-6-13-5-2-3-7-16(13)23/h2-3,5,7-9,11H,4,6,10H2,1H3,(H,22,24). The first-order valence-electron chi connectivity index (χ1n) is 7.70. The number of halogens is 3. The predicted octanol–water partition coefficient (Wildman–Crippen LogP) is 4.75. The largest absolute Gasteiger partial charge is 0.416 e. The lowest BCUT2D eigenvalue weighted by Crippen LogP contribution is -2.26. The van der Waals surface area contributed by atoms with Crippen LogP contribution in [0.15, 0.2) is 42.5 Å². The molecule has 0 atom stereocenters. The molecule has 0 unspecified atom stereocenters. The highest BCUT2D eigenvalue weighted by Crippen LogP contribution is 2.40. The molecule has 1 amide bonds. The Kier molecular flexibility index (Phi) is 4.22. The van der Waals surface area contributed by atoms with Crippen molar-refractivity contribution in [3.05, 3.63) is 53.6 Å². The second-order valence-corrected chi connectivity index (χ2v) is 5.79. The Morgan fingerprint density at radius 1 is 1.12 bits per heavy atom. The number of anilines is 3. The first-order valence-corrected chi connectivity index (χ1v) is 7.70. The minimum absolute atomic E-state index is 0.175. The van der Waals surface area contributed by atoms with Gasteiger partial charge in [-0.15, -0.1) is 0 Å². The van der Waals surface area contributed by atoms with E-state index in [4.69, 9.17) is 0 Å². The van der Waals surface area contributed by atoms with Crippen LogP contribution in [0.4, 0.5) is 30.2 Å². The molecule has 1 aliphatic heterocycles. The van der Waals surface area contributed by atoms with Crippen molar-refractivity contribution < 1.29 is 18.0 Å². The van der Waals surface area contributed by atoms with Gasteiger partial charge < -0.3 is 10.2 Å². The molecular weight excluding hydrogens is 317 g/mol. The molecule has 0 saturated heterocycles. The van der Waals surface area contributed by atoms with E-state index in [2.05, 4.69) is 5.32 Å². The highest BCUT2D eigenvalue weighted by molar-refractivity contribution is 5.94. The number of para-hydroxylation sites is 1. The number of aryl methyl sites for hydroxylation is 1. The van der Waals surface area contributed by atoms with Crippen molar-refractivity contribution in [3.63, 3.8) is 0 Å². The third-order valence-corrected chi connectivity index (χ3v) is 4.04. The first-order chi connectivity index (χ1) is 11.4. The normalized spacial score (nSPS) is 14.2. The van der Waals surface area contributed by atoms with Crippen molar-refractivity contribution in [2.24, 2.45) is 0 Å². The lowest BCUT2D eigenvalue weighted by atomic mass is 10.0. The zero-order valence-corrected chi connectivity index (χ0v) is 13.2. The maximum atomic E-state index is 13.0. The Labute approximate surface area is 138 Å². The zero-order valence-electron chi connectivity index (χ0n) is 13.2. The summed E-state index contributed by atoms with van der Waals surface area (Å²) in [7, 11) is 0. The van der Waals surface area contributed by atoms with Crippen LogP contribution in [0.2, 0.25) is 0 Å². The van der Waals surface area contributed by atoms with E-state index in [1.54, 1.807) is 0 Å². The van der Waals surface area contributed by atoms with Gasteiger partial charge in [0.1, 0.15) is 0 Å². The lowest BCUT2D eigenvalue weighted by molar-refractivity contribution is -0.137. The predicted molar refractivity (Wildman–Crippen MR) is 87.5 cm³/mol. The third kappa shape index (κ3) is 3.22. The summed E-state index contributed by atoms with van der Waals surface area (Å²) in [5.41, 5.74) is 2.09. The minimum Gasteiger partial charge on any atom is -0.340 e. The highest BCUT2D eigenvalue weighted by Gasteiger charge is 2.32. The Morgan fingerprint density at radius 2 is 1.88 bits per heavy atom. The number of alkyl halides is 3. The second kappa shape index (κ2) is 6.19. The Balaban J connectivity index is 2.09. The minimum atomic E-state index is -4.45. The fraction of sp³-hybridized carbons (Fsp3) is 0.278. The molecule has 0 aromatic heterocycles. The molecular formula is C18H17F3N2O. The fourth-order valence-electron chi connectivity index (χ4n) is 3.02. The molecule has 0 fully saturated rings.